The number of carboxylic acids is 1. The van der Waals surface area contributed by atoms with Crippen LogP contribution in [-0.4, -0.2) is 20.6 Å². The molecule has 1 saturated carbocycles. The largest absolute Gasteiger partial charge is 0.478 e. The van der Waals surface area contributed by atoms with Crippen LogP contribution in [0.15, 0.2) is 41.2 Å². The summed E-state index contributed by atoms with van der Waals surface area (Å²) in [7, 11) is 0. The Morgan fingerprint density at radius 3 is 2.69 bits per heavy atom. The van der Waals surface area contributed by atoms with Gasteiger partial charge in [0.25, 0.3) is 5.56 Å². The molecule has 0 bridgehead atoms. The van der Waals surface area contributed by atoms with Crippen LogP contribution in [0.1, 0.15) is 79.3 Å². The first-order valence-electron chi connectivity index (χ1n) is 11.6. The molecule has 2 heterocycles. The highest BCUT2D eigenvalue weighted by atomic mass is 16.4. The zero-order valence-electron chi connectivity index (χ0n) is 18.6. The predicted molar refractivity (Wildman–Crippen MR) is 126 cm³/mol. The molecule has 5 rings (SSSR count). The van der Waals surface area contributed by atoms with Crippen LogP contribution in [0.25, 0.3) is 10.9 Å². The fourth-order valence-corrected chi connectivity index (χ4v) is 5.63. The number of anilines is 1. The van der Waals surface area contributed by atoms with Gasteiger partial charge in [-0.2, -0.15) is 0 Å². The number of aromatic carboxylic acids is 1. The first-order valence-corrected chi connectivity index (χ1v) is 11.6. The van der Waals surface area contributed by atoms with Crippen LogP contribution in [0.5, 0.6) is 0 Å². The van der Waals surface area contributed by atoms with Crippen LogP contribution in [0.3, 0.4) is 0 Å². The highest BCUT2D eigenvalue weighted by molar-refractivity contribution is 5.94. The first-order chi connectivity index (χ1) is 15.4. The zero-order valence-corrected chi connectivity index (χ0v) is 18.6. The second kappa shape index (κ2) is 7.76. The van der Waals surface area contributed by atoms with Crippen molar-refractivity contribution in [1.29, 1.82) is 0 Å². The van der Waals surface area contributed by atoms with Gasteiger partial charge in [-0.1, -0.05) is 38.0 Å². The normalized spacial score (nSPS) is 17.6. The van der Waals surface area contributed by atoms with Crippen LogP contribution in [-0.2, 0) is 18.4 Å². The Bertz CT molecular complexity index is 1270. The van der Waals surface area contributed by atoms with Crippen molar-refractivity contribution in [2.45, 2.75) is 70.4 Å². The third-order valence-electron chi connectivity index (χ3n) is 7.40. The van der Waals surface area contributed by atoms with E-state index in [-0.39, 0.29) is 22.6 Å². The number of carboxylic acid groups (broad SMARTS) is 1. The average Bonchev–Trinajstić information content (AvgIpc) is 3.41. The lowest BCUT2D eigenvalue weighted by Crippen LogP contribution is -2.27. The molecule has 1 aromatic heterocycles. The molecular weight excluding hydrogens is 402 g/mol. The van der Waals surface area contributed by atoms with Gasteiger partial charge >= 0.3 is 5.97 Å². The number of benzene rings is 2. The Hall–Kier alpha value is -3.15. The SMILES string of the molecule is CCc1cc([C@@H](C)Nc2ccccc2C(=O)O)c2nc3n(c(=O)c2c1)CCC31CCCC1. The molecule has 2 aromatic carbocycles. The van der Waals surface area contributed by atoms with Gasteiger partial charge in [-0.05, 0) is 56.4 Å². The molecule has 0 saturated heterocycles. The molecule has 6 nitrogen and oxygen atoms in total. The molecule has 1 fully saturated rings. The highest BCUT2D eigenvalue weighted by Crippen LogP contribution is 2.46. The second-order valence-corrected chi connectivity index (χ2v) is 9.28. The molecule has 1 atom stereocenters. The molecule has 0 amide bonds. The minimum atomic E-state index is -0.968. The van der Waals surface area contributed by atoms with Gasteiger partial charge in [0.1, 0.15) is 5.82 Å². The van der Waals surface area contributed by atoms with Crippen molar-refractivity contribution in [3.05, 3.63) is 69.3 Å². The fourth-order valence-electron chi connectivity index (χ4n) is 5.63. The van der Waals surface area contributed by atoms with Crippen molar-refractivity contribution < 1.29 is 9.90 Å². The van der Waals surface area contributed by atoms with Crippen LogP contribution in [0, 0.1) is 0 Å². The number of para-hydroxylation sites is 1. The molecule has 2 aliphatic rings. The minimum absolute atomic E-state index is 0.0423. The van der Waals surface area contributed by atoms with E-state index in [1.54, 1.807) is 18.2 Å². The van der Waals surface area contributed by atoms with Gasteiger partial charge in [0.05, 0.1) is 22.5 Å². The molecular formula is C26H29N3O3. The number of carbonyl (C=O) groups is 1. The standard InChI is InChI=1S/C26H29N3O3/c1-3-17-14-19(16(2)27-21-9-5-4-8-18(21)24(31)32)22-20(15-17)23(30)29-13-12-26(25(29)28-22)10-6-7-11-26/h4-5,8-9,14-16,27H,3,6-7,10-13H2,1-2H3,(H,31,32)/t16-/m1/s1. The predicted octanol–water partition coefficient (Wildman–Crippen LogP) is 5.05. The Morgan fingerprint density at radius 2 is 1.97 bits per heavy atom. The lowest BCUT2D eigenvalue weighted by Gasteiger charge is -2.24. The summed E-state index contributed by atoms with van der Waals surface area (Å²) in [4.78, 5) is 30.4. The van der Waals surface area contributed by atoms with E-state index in [9.17, 15) is 14.7 Å². The summed E-state index contributed by atoms with van der Waals surface area (Å²) in [5.74, 6) is -0.0130. The second-order valence-electron chi connectivity index (χ2n) is 9.28. The number of nitrogens with zero attached hydrogens (tertiary/aromatic N) is 2. The van der Waals surface area contributed by atoms with Gasteiger partial charge in [0, 0.05) is 23.2 Å². The Labute approximate surface area is 187 Å². The maximum absolute atomic E-state index is 13.5. The zero-order chi connectivity index (χ0) is 22.5. The van der Waals surface area contributed by atoms with E-state index in [1.807, 2.05) is 23.6 Å². The Morgan fingerprint density at radius 1 is 1.22 bits per heavy atom. The maximum atomic E-state index is 13.5. The van der Waals surface area contributed by atoms with Gasteiger partial charge in [0.2, 0.25) is 0 Å². The van der Waals surface area contributed by atoms with E-state index < -0.39 is 5.97 Å². The summed E-state index contributed by atoms with van der Waals surface area (Å²) >= 11 is 0. The number of nitrogens with one attached hydrogen (secondary N) is 1. The van der Waals surface area contributed by atoms with E-state index >= 15 is 0 Å². The van der Waals surface area contributed by atoms with Crippen molar-refractivity contribution in [3.63, 3.8) is 0 Å². The molecule has 6 heteroatoms. The Balaban J connectivity index is 1.67. The summed E-state index contributed by atoms with van der Waals surface area (Å²) in [6.45, 7) is 4.84. The van der Waals surface area contributed by atoms with Gasteiger partial charge in [-0.25, -0.2) is 9.78 Å². The van der Waals surface area contributed by atoms with E-state index in [0.29, 0.717) is 11.1 Å². The van der Waals surface area contributed by atoms with Gasteiger partial charge < -0.3 is 10.4 Å². The monoisotopic (exact) mass is 431 g/mol. The van der Waals surface area contributed by atoms with Crippen molar-refractivity contribution in [2.24, 2.45) is 0 Å². The molecule has 2 N–H and O–H groups in total. The van der Waals surface area contributed by atoms with Crippen molar-refractivity contribution >= 4 is 22.6 Å². The quantitative estimate of drug-likeness (QED) is 0.591. The average molecular weight is 432 g/mol. The molecule has 32 heavy (non-hydrogen) atoms. The molecule has 1 aliphatic carbocycles. The number of hydrogen-bond acceptors (Lipinski definition) is 4. The molecule has 1 spiro atoms. The smallest absolute Gasteiger partial charge is 0.337 e. The minimum Gasteiger partial charge on any atom is -0.478 e. The Kier molecular flexibility index (Phi) is 5.03. The van der Waals surface area contributed by atoms with Crippen LogP contribution in [0.4, 0.5) is 5.69 Å². The van der Waals surface area contributed by atoms with E-state index in [0.717, 1.165) is 54.7 Å². The van der Waals surface area contributed by atoms with Crippen LogP contribution >= 0.6 is 0 Å². The lowest BCUT2D eigenvalue weighted by molar-refractivity contribution is 0.0698. The number of aryl methyl sites for hydroxylation is 1. The lowest BCUT2D eigenvalue weighted by atomic mass is 9.84. The van der Waals surface area contributed by atoms with Crippen LogP contribution < -0.4 is 10.9 Å². The third kappa shape index (κ3) is 3.20. The fraction of sp³-hybridized carbons (Fsp3) is 0.423. The van der Waals surface area contributed by atoms with Gasteiger partial charge in [-0.15, -0.1) is 0 Å². The molecule has 3 aromatic rings. The molecule has 1 aliphatic heterocycles. The van der Waals surface area contributed by atoms with E-state index in [2.05, 4.69) is 18.3 Å². The third-order valence-corrected chi connectivity index (χ3v) is 7.40. The van der Waals surface area contributed by atoms with Crippen LogP contribution in [0.2, 0.25) is 0 Å². The summed E-state index contributed by atoms with van der Waals surface area (Å²) < 4.78 is 1.91. The molecule has 166 valence electrons. The van der Waals surface area contributed by atoms with Crippen molar-refractivity contribution in [2.75, 3.05) is 5.32 Å². The topological polar surface area (TPSA) is 84.2 Å². The van der Waals surface area contributed by atoms with E-state index in [1.165, 1.54) is 12.8 Å². The summed E-state index contributed by atoms with van der Waals surface area (Å²) in [6.07, 6.45) is 6.41. The van der Waals surface area contributed by atoms with Gasteiger partial charge in [-0.3, -0.25) is 9.36 Å². The van der Waals surface area contributed by atoms with E-state index in [4.69, 9.17) is 4.98 Å². The highest BCUT2D eigenvalue weighted by Gasteiger charge is 2.43. The van der Waals surface area contributed by atoms with Crippen molar-refractivity contribution in [3.8, 4) is 0 Å². The number of fused-ring (bicyclic) bond motifs is 3. The summed E-state index contributed by atoms with van der Waals surface area (Å²) in [5, 5.41) is 13.6. The number of rotatable bonds is 5. The number of hydrogen-bond donors (Lipinski definition) is 2. The first kappa shape index (κ1) is 20.7. The summed E-state index contributed by atoms with van der Waals surface area (Å²) in [5.41, 5.74) is 3.67. The van der Waals surface area contributed by atoms with Gasteiger partial charge in [0.15, 0.2) is 0 Å². The maximum Gasteiger partial charge on any atom is 0.337 e. The van der Waals surface area contributed by atoms with Crippen molar-refractivity contribution in [1.82, 2.24) is 9.55 Å². The molecule has 0 unspecified atom stereocenters. The number of aromatic nitrogens is 2. The molecule has 0 radical (unpaired) electrons. The summed E-state index contributed by atoms with van der Waals surface area (Å²) in [6, 6.07) is 10.8.